The van der Waals surface area contributed by atoms with Crippen LogP contribution in [-0.2, 0) is 0 Å². The van der Waals surface area contributed by atoms with E-state index >= 15 is 0 Å². The summed E-state index contributed by atoms with van der Waals surface area (Å²) in [5, 5.41) is 19.9. The van der Waals surface area contributed by atoms with Crippen LogP contribution in [0, 0.1) is 34.5 Å². The average Bonchev–Trinajstić information content (AvgIpc) is 3.48. The summed E-state index contributed by atoms with van der Waals surface area (Å²) in [6.45, 7) is 0. The second kappa shape index (κ2) is 8.46. The van der Waals surface area contributed by atoms with Gasteiger partial charge in [0.15, 0.2) is 5.78 Å². The van der Waals surface area contributed by atoms with Crippen molar-refractivity contribution in [2.24, 2.45) is 11.8 Å². The van der Waals surface area contributed by atoms with Gasteiger partial charge in [0.1, 0.15) is 29.5 Å². The topological polar surface area (TPSA) is 81.0 Å². The maximum absolute atomic E-state index is 14.1. The minimum atomic E-state index is -0.532. The number of hydrogen-bond acceptors (Lipinski definition) is 5. The Morgan fingerprint density at radius 1 is 0.943 bits per heavy atom. The highest BCUT2D eigenvalue weighted by Gasteiger charge is 2.57. The summed E-state index contributed by atoms with van der Waals surface area (Å²) in [5.74, 6) is 0.307. The monoisotopic (exact) mass is 457 g/mol. The number of furan rings is 1. The largest absolute Gasteiger partial charge is 0.469 e. The van der Waals surface area contributed by atoms with Gasteiger partial charge in [0.25, 0.3) is 0 Å². The Balaban J connectivity index is 1.62. The molecule has 4 atom stereocenters. The third kappa shape index (κ3) is 3.40. The van der Waals surface area contributed by atoms with Crippen molar-refractivity contribution in [2.45, 2.75) is 30.8 Å². The van der Waals surface area contributed by atoms with Crippen LogP contribution >= 0.6 is 0 Å². The van der Waals surface area contributed by atoms with Crippen molar-refractivity contribution in [3.05, 3.63) is 113 Å². The second-order valence-electron chi connectivity index (χ2n) is 9.41. The van der Waals surface area contributed by atoms with Crippen molar-refractivity contribution < 1.29 is 9.21 Å². The summed E-state index contributed by atoms with van der Waals surface area (Å²) in [6, 6.07) is 24.9. The maximum atomic E-state index is 14.1. The molecule has 0 radical (unpaired) electrons. The van der Waals surface area contributed by atoms with Crippen LogP contribution in [0.15, 0.2) is 94.8 Å². The number of hydrogen-bond donors (Lipinski definition) is 0. The molecule has 0 bridgehead atoms. The Hall–Kier alpha value is -4.35. The zero-order chi connectivity index (χ0) is 23.9. The maximum Gasteiger partial charge on any atom is 0.185 e. The molecule has 0 amide bonds. The molecule has 2 aliphatic heterocycles. The molecule has 1 saturated heterocycles. The lowest BCUT2D eigenvalue weighted by Crippen LogP contribution is -2.37. The first-order valence-electron chi connectivity index (χ1n) is 11.9. The molecule has 4 unspecified atom stereocenters. The number of nitriles is 2. The molecule has 0 spiro atoms. The number of Topliss-reactive ketones (excluding diaryl/α,β-unsaturated/α-hetero) is 1. The fraction of sp³-hybridized carbons (Fsp3) is 0.233. The van der Waals surface area contributed by atoms with E-state index in [0.717, 1.165) is 29.5 Å². The summed E-state index contributed by atoms with van der Waals surface area (Å²) in [6.07, 6.45) is 7.59. The van der Waals surface area contributed by atoms with E-state index in [4.69, 9.17) is 4.42 Å². The van der Waals surface area contributed by atoms with Crippen LogP contribution in [0.4, 0.5) is 0 Å². The Labute approximate surface area is 204 Å². The Bertz CT molecular complexity index is 1400. The van der Waals surface area contributed by atoms with Gasteiger partial charge in [-0.3, -0.25) is 4.79 Å². The smallest absolute Gasteiger partial charge is 0.185 e. The normalized spacial score (nSPS) is 24.1. The molecular formula is C30H23N3O2. The van der Waals surface area contributed by atoms with Crippen molar-refractivity contribution in [3.63, 3.8) is 0 Å². The molecule has 35 heavy (non-hydrogen) atoms. The van der Waals surface area contributed by atoms with E-state index in [-0.39, 0.29) is 35.2 Å². The molecule has 3 heterocycles. The molecular weight excluding hydrogens is 434 g/mol. The average molecular weight is 458 g/mol. The summed E-state index contributed by atoms with van der Waals surface area (Å²) >= 11 is 0. The first kappa shape index (κ1) is 21.2. The lowest BCUT2D eigenvalue weighted by Gasteiger charge is -2.35. The van der Waals surface area contributed by atoms with E-state index in [1.54, 1.807) is 6.26 Å². The van der Waals surface area contributed by atoms with E-state index in [0.29, 0.717) is 11.3 Å². The number of carbonyl (C=O) groups is 1. The van der Waals surface area contributed by atoms with Gasteiger partial charge in [-0.05, 0) is 53.7 Å². The van der Waals surface area contributed by atoms with E-state index in [1.165, 1.54) is 0 Å². The lowest BCUT2D eigenvalue weighted by molar-refractivity contribution is 0.0870. The molecule has 6 rings (SSSR count). The fourth-order valence-electron chi connectivity index (χ4n) is 6.01. The quantitative estimate of drug-likeness (QED) is 0.345. The summed E-state index contributed by atoms with van der Waals surface area (Å²) in [4.78, 5) is 16.3. The van der Waals surface area contributed by atoms with E-state index in [1.807, 2.05) is 60.8 Å². The molecule has 2 aromatic carbocycles. The second-order valence-corrected chi connectivity index (χ2v) is 9.41. The SMILES string of the molecule is N#CC(C#N)=C(C1CC1)C1C(c2ccco2)C(C(=O)c2ccccc2)N2C=Cc3ccccc3C12. The van der Waals surface area contributed by atoms with Crippen LogP contribution in [0.2, 0.25) is 0 Å². The number of fused-ring (bicyclic) bond motifs is 3. The fourth-order valence-corrected chi connectivity index (χ4v) is 6.01. The summed E-state index contributed by atoms with van der Waals surface area (Å²) < 4.78 is 5.96. The number of carbonyl (C=O) groups excluding carboxylic acids is 1. The van der Waals surface area contributed by atoms with Gasteiger partial charge < -0.3 is 9.32 Å². The first-order valence-corrected chi connectivity index (χ1v) is 11.9. The summed E-state index contributed by atoms with van der Waals surface area (Å²) in [5.41, 5.74) is 3.89. The zero-order valence-corrected chi connectivity index (χ0v) is 19.0. The van der Waals surface area contributed by atoms with Gasteiger partial charge in [-0.25, -0.2) is 0 Å². The molecule has 0 N–H and O–H groups in total. The highest BCUT2D eigenvalue weighted by molar-refractivity contribution is 6.01. The zero-order valence-electron chi connectivity index (χ0n) is 19.0. The van der Waals surface area contributed by atoms with Gasteiger partial charge in [-0.1, -0.05) is 54.6 Å². The van der Waals surface area contributed by atoms with Crippen molar-refractivity contribution >= 4 is 11.9 Å². The minimum Gasteiger partial charge on any atom is -0.469 e. The molecule has 5 heteroatoms. The van der Waals surface area contributed by atoms with E-state index in [2.05, 4.69) is 35.2 Å². The number of ketones is 1. The van der Waals surface area contributed by atoms with Crippen molar-refractivity contribution in [1.29, 1.82) is 10.5 Å². The van der Waals surface area contributed by atoms with Crippen molar-refractivity contribution in [3.8, 4) is 12.1 Å². The number of allylic oxidation sites excluding steroid dienone is 1. The predicted octanol–water partition coefficient (Wildman–Crippen LogP) is 6.03. The number of rotatable bonds is 5. The van der Waals surface area contributed by atoms with E-state index in [9.17, 15) is 15.3 Å². The minimum absolute atomic E-state index is 0.00847. The molecule has 1 aromatic heterocycles. The highest BCUT2D eigenvalue weighted by atomic mass is 16.3. The standard InChI is InChI=1S/C30H23N3O2/c31-17-22(18-32)25(20-12-13-20)27-26(24-11-6-16-35-24)29(30(34)21-8-2-1-3-9-21)33-15-14-19-7-4-5-10-23(19)28(27)33/h1-11,14-16,20,26-29H,12-13H2. The number of nitrogens with zero attached hydrogens (tertiary/aromatic N) is 3. The van der Waals surface area contributed by atoms with Gasteiger partial charge in [0.05, 0.1) is 18.2 Å². The predicted molar refractivity (Wildman–Crippen MR) is 131 cm³/mol. The molecule has 170 valence electrons. The van der Waals surface area contributed by atoms with Gasteiger partial charge in [0, 0.05) is 17.7 Å². The van der Waals surface area contributed by atoms with E-state index < -0.39 is 6.04 Å². The van der Waals surface area contributed by atoms with Crippen LogP contribution in [0.25, 0.3) is 6.08 Å². The van der Waals surface area contributed by atoms with Crippen LogP contribution in [0.5, 0.6) is 0 Å². The molecule has 1 aliphatic carbocycles. The molecule has 5 nitrogen and oxygen atoms in total. The van der Waals surface area contributed by atoms with Gasteiger partial charge in [-0.15, -0.1) is 0 Å². The van der Waals surface area contributed by atoms with Gasteiger partial charge >= 0.3 is 0 Å². The molecule has 3 aromatic rings. The van der Waals surface area contributed by atoms with Crippen molar-refractivity contribution in [2.75, 3.05) is 0 Å². The van der Waals surface area contributed by atoms with Crippen LogP contribution in [-0.4, -0.2) is 16.7 Å². The lowest BCUT2D eigenvalue weighted by atomic mass is 9.73. The first-order chi connectivity index (χ1) is 17.2. The Kier molecular flexibility index (Phi) is 5.12. The molecule has 3 aliphatic rings. The third-order valence-corrected chi connectivity index (χ3v) is 7.54. The van der Waals surface area contributed by atoms with Gasteiger partial charge in [0.2, 0.25) is 0 Å². The van der Waals surface area contributed by atoms with Crippen LogP contribution in [0.3, 0.4) is 0 Å². The van der Waals surface area contributed by atoms with Crippen LogP contribution in [0.1, 0.15) is 52.0 Å². The third-order valence-electron chi connectivity index (χ3n) is 7.54. The number of benzene rings is 2. The summed E-state index contributed by atoms with van der Waals surface area (Å²) in [7, 11) is 0. The van der Waals surface area contributed by atoms with Crippen molar-refractivity contribution in [1.82, 2.24) is 4.90 Å². The highest BCUT2D eigenvalue weighted by Crippen LogP contribution is 2.59. The van der Waals surface area contributed by atoms with Gasteiger partial charge in [-0.2, -0.15) is 10.5 Å². The Morgan fingerprint density at radius 3 is 2.37 bits per heavy atom. The van der Waals surface area contributed by atoms with Crippen LogP contribution < -0.4 is 0 Å². The molecule has 1 saturated carbocycles. The Morgan fingerprint density at radius 2 is 1.69 bits per heavy atom. The molecule has 2 fully saturated rings.